The van der Waals surface area contributed by atoms with E-state index in [4.69, 9.17) is 11.6 Å². The van der Waals surface area contributed by atoms with E-state index in [1.165, 1.54) is 6.07 Å². The zero-order valence-corrected chi connectivity index (χ0v) is 8.17. The van der Waals surface area contributed by atoms with Crippen LogP contribution in [-0.2, 0) is 6.42 Å². The second kappa shape index (κ2) is 4.56. The Morgan fingerprint density at radius 3 is 2.54 bits per heavy atom. The number of aryl methyl sites for hydroxylation is 2. The Morgan fingerprint density at radius 1 is 1.23 bits per heavy atom. The molecule has 0 heterocycles. The summed E-state index contributed by atoms with van der Waals surface area (Å²) in [7, 11) is 0. The van der Waals surface area contributed by atoms with Gasteiger partial charge in [0.05, 0.1) is 0 Å². The first-order chi connectivity index (χ1) is 6.15. The number of benzene rings is 1. The molecule has 0 aliphatic carbocycles. The van der Waals surface area contributed by atoms with E-state index in [1.54, 1.807) is 6.92 Å². The Balaban J connectivity index is 2.88. The molecule has 1 aromatic rings. The van der Waals surface area contributed by atoms with Crippen molar-refractivity contribution < 1.29 is 8.78 Å². The van der Waals surface area contributed by atoms with Gasteiger partial charge in [-0.05, 0) is 30.9 Å². The number of alkyl halides is 1. The average Bonchev–Trinajstić information content (AvgIpc) is 2.09. The molecule has 0 saturated carbocycles. The molecule has 0 unspecified atom stereocenters. The van der Waals surface area contributed by atoms with Crippen molar-refractivity contribution in [3.05, 3.63) is 34.9 Å². The van der Waals surface area contributed by atoms with Crippen LogP contribution in [0.5, 0.6) is 0 Å². The standard InChI is InChI=1S/C10H11ClF2/c1-7-5-8(3-2-4-11)10(13)6-9(7)12/h5-6H,2-4H2,1H3. The zero-order chi connectivity index (χ0) is 9.84. The monoisotopic (exact) mass is 204 g/mol. The van der Waals surface area contributed by atoms with Gasteiger partial charge in [-0.1, -0.05) is 6.07 Å². The highest BCUT2D eigenvalue weighted by molar-refractivity contribution is 6.17. The molecule has 0 spiro atoms. The lowest BCUT2D eigenvalue weighted by molar-refractivity contribution is 0.565. The third-order valence-electron chi connectivity index (χ3n) is 1.91. The first-order valence-electron chi connectivity index (χ1n) is 4.15. The van der Waals surface area contributed by atoms with Crippen molar-refractivity contribution in [1.82, 2.24) is 0 Å². The van der Waals surface area contributed by atoms with Crippen LogP contribution in [0.4, 0.5) is 8.78 Å². The van der Waals surface area contributed by atoms with Crippen LogP contribution >= 0.6 is 11.6 Å². The predicted octanol–water partition coefficient (Wildman–Crippen LogP) is 3.44. The Hall–Kier alpha value is -0.630. The maximum atomic E-state index is 13.1. The van der Waals surface area contributed by atoms with E-state index in [9.17, 15) is 8.78 Å². The molecule has 1 aromatic carbocycles. The van der Waals surface area contributed by atoms with Crippen LogP contribution < -0.4 is 0 Å². The van der Waals surface area contributed by atoms with Crippen molar-refractivity contribution in [3.63, 3.8) is 0 Å². The highest BCUT2D eigenvalue weighted by Gasteiger charge is 2.06. The number of hydrogen-bond donors (Lipinski definition) is 0. The van der Waals surface area contributed by atoms with Gasteiger partial charge in [-0.15, -0.1) is 11.6 Å². The molecule has 0 bridgehead atoms. The largest absolute Gasteiger partial charge is 0.207 e. The van der Waals surface area contributed by atoms with Crippen LogP contribution in [0, 0.1) is 18.6 Å². The molecule has 0 radical (unpaired) electrons. The van der Waals surface area contributed by atoms with E-state index >= 15 is 0 Å². The maximum absolute atomic E-state index is 13.1. The van der Waals surface area contributed by atoms with Crippen LogP contribution in [0.25, 0.3) is 0 Å². The summed E-state index contributed by atoms with van der Waals surface area (Å²) in [4.78, 5) is 0. The smallest absolute Gasteiger partial charge is 0.129 e. The molecule has 0 amide bonds. The first kappa shape index (κ1) is 10.5. The van der Waals surface area contributed by atoms with Gasteiger partial charge in [-0.3, -0.25) is 0 Å². The average molecular weight is 205 g/mol. The van der Waals surface area contributed by atoms with Gasteiger partial charge in [0.2, 0.25) is 0 Å². The molecule has 0 nitrogen and oxygen atoms in total. The molecule has 0 aliphatic heterocycles. The summed E-state index contributed by atoms with van der Waals surface area (Å²) in [5.74, 6) is -0.476. The lowest BCUT2D eigenvalue weighted by Gasteiger charge is -2.04. The minimum Gasteiger partial charge on any atom is -0.207 e. The third-order valence-corrected chi connectivity index (χ3v) is 2.17. The van der Waals surface area contributed by atoms with Gasteiger partial charge in [-0.2, -0.15) is 0 Å². The molecule has 3 heteroatoms. The molecule has 0 N–H and O–H groups in total. The second-order valence-electron chi connectivity index (χ2n) is 2.99. The fourth-order valence-electron chi connectivity index (χ4n) is 1.17. The SMILES string of the molecule is Cc1cc(CCCCl)c(F)cc1F. The van der Waals surface area contributed by atoms with E-state index in [1.807, 2.05) is 0 Å². The lowest BCUT2D eigenvalue weighted by Crippen LogP contribution is -1.95. The van der Waals surface area contributed by atoms with E-state index in [2.05, 4.69) is 0 Å². The Kier molecular flexibility index (Phi) is 3.67. The van der Waals surface area contributed by atoms with Crippen molar-refractivity contribution in [2.24, 2.45) is 0 Å². The number of rotatable bonds is 3. The van der Waals surface area contributed by atoms with Gasteiger partial charge in [0.15, 0.2) is 0 Å². The second-order valence-corrected chi connectivity index (χ2v) is 3.36. The van der Waals surface area contributed by atoms with Crippen LogP contribution in [0.15, 0.2) is 12.1 Å². The van der Waals surface area contributed by atoms with Gasteiger partial charge in [0, 0.05) is 11.9 Å². The molecule has 1 rings (SSSR count). The minimum absolute atomic E-state index is 0.478. The van der Waals surface area contributed by atoms with Gasteiger partial charge >= 0.3 is 0 Å². The first-order valence-corrected chi connectivity index (χ1v) is 4.69. The Labute approximate surface area is 81.5 Å². The van der Waals surface area contributed by atoms with Crippen LogP contribution in [0.1, 0.15) is 17.5 Å². The molecule has 0 saturated heterocycles. The lowest BCUT2D eigenvalue weighted by atomic mass is 10.1. The Morgan fingerprint density at radius 2 is 1.92 bits per heavy atom. The molecule has 0 fully saturated rings. The molecule has 72 valence electrons. The fraction of sp³-hybridized carbons (Fsp3) is 0.400. The van der Waals surface area contributed by atoms with Gasteiger partial charge in [-0.25, -0.2) is 8.78 Å². The molecule has 13 heavy (non-hydrogen) atoms. The molecular weight excluding hydrogens is 194 g/mol. The van der Waals surface area contributed by atoms with Crippen LogP contribution in [0.2, 0.25) is 0 Å². The van der Waals surface area contributed by atoms with Crippen molar-refractivity contribution in [1.29, 1.82) is 0 Å². The quantitative estimate of drug-likeness (QED) is 0.662. The summed E-state index contributed by atoms with van der Waals surface area (Å²) in [6.45, 7) is 1.62. The van der Waals surface area contributed by atoms with E-state index in [-0.39, 0.29) is 0 Å². The van der Waals surface area contributed by atoms with Gasteiger partial charge < -0.3 is 0 Å². The van der Waals surface area contributed by atoms with Crippen LogP contribution in [0.3, 0.4) is 0 Å². The summed E-state index contributed by atoms with van der Waals surface area (Å²) in [6, 6.07) is 2.47. The topological polar surface area (TPSA) is 0 Å². The predicted molar refractivity (Wildman–Crippen MR) is 50.1 cm³/mol. The summed E-state index contributed by atoms with van der Waals surface area (Å²) >= 11 is 5.48. The van der Waals surface area contributed by atoms with Crippen molar-refractivity contribution >= 4 is 11.6 Å². The highest BCUT2D eigenvalue weighted by atomic mass is 35.5. The summed E-state index contributed by atoms with van der Waals surface area (Å²) in [5.41, 5.74) is 1.02. The maximum Gasteiger partial charge on any atom is 0.129 e. The fourth-order valence-corrected chi connectivity index (χ4v) is 1.30. The minimum atomic E-state index is -0.493. The molecule has 0 atom stereocenters. The molecule has 0 aromatic heterocycles. The van der Waals surface area contributed by atoms with E-state index < -0.39 is 11.6 Å². The summed E-state index contributed by atoms with van der Waals surface area (Å²) in [6.07, 6.45) is 1.28. The zero-order valence-electron chi connectivity index (χ0n) is 7.41. The van der Waals surface area contributed by atoms with Crippen LogP contribution in [-0.4, -0.2) is 5.88 Å². The molecule has 0 aliphatic rings. The highest BCUT2D eigenvalue weighted by Crippen LogP contribution is 2.15. The van der Waals surface area contributed by atoms with Crippen molar-refractivity contribution in [3.8, 4) is 0 Å². The summed E-state index contributed by atoms with van der Waals surface area (Å²) < 4.78 is 25.9. The molecular formula is C10H11ClF2. The van der Waals surface area contributed by atoms with Gasteiger partial charge in [0.1, 0.15) is 11.6 Å². The van der Waals surface area contributed by atoms with Crippen molar-refractivity contribution in [2.45, 2.75) is 19.8 Å². The Bertz CT molecular complexity index is 297. The third kappa shape index (κ3) is 2.66. The summed E-state index contributed by atoms with van der Waals surface area (Å²) in [5, 5.41) is 0. The normalized spacial score (nSPS) is 10.5. The van der Waals surface area contributed by atoms with E-state index in [0.29, 0.717) is 29.8 Å². The number of halogens is 3. The number of hydrogen-bond acceptors (Lipinski definition) is 0. The van der Waals surface area contributed by atoms with Gasteiger partial charge in [0.25, 0.3) is 0 Å². The van der Waals surface area contributed by atoms with Crippen molar-refractivity contribution in [2.75, 3.05) is 5.88 Å². The van der Waals surface area contributed by atoms with E-state index in [0.717, 1.165) is 6.07 Å².